The quantitative estimate of drug-likeness (QED) is 0.539. The van der Waals surface area contributed by atoms with Gasteiger partial charge in [-0.25, -0.2) is 0 Å². The van der Waals surface area contributed by atoms with Gasteiger partial charge in [0.25, 0.3) is 0 Å². The van der Waals surface area contributed by atoms with Crippen molar-refractivity contribution in [2.45, 2.75) is 38.9 Å². The third kappa shape index (κ3) is 2.14. The van der Waals surface area contributed by atoms with Crippen LogP contribution in [0.2, 0.25) is 0 Å². The van der Waals surface area contributed by atoms with E-state index in [4.69, 9.17) is 16.3 Å². The predicted octanol–water partition coefficient (Wildman–Crippen LogP) is 2.43. The van der Waals surface area contributed by atoms with Gasteiger partial charge in [0, 0.05) is 5.88 Å². The lowest BCUT2D eigenvalue weighted by Crippen LogP contribution is -2.29. The third-order valence-corrected chi connectivity index (χ3v) is 2.45. The van der Waals surface area contributed by atoms with Gasteiger partial charge in [-0.3, -0.25) is 0 Å². The Bertz CT molecular complexity index is 95.4. The van der Waals surface area contributed by atoms with Gasteiger partial charge in [0.2, 0.25) is 0 Å². The molecule has 1 rings (SSSR count). The molecule has 1 saturated heterocycles. The molecule has 0 saturated carbocycles. The summed E-state index contributed by atoms with van der Waals surface area (Å²) in [5.74, 6) is 1.47. The molecular weight excluding hydrogens is 148 g/mol. The lowest BCUT2D eigenvalue weighted by Gasteiger charge is -2.30. The van der Waals surface area contributed by atoms with Crippen molar-refractivity contribution in [2.24, 2.45) is 5.92 Å². The summed E-state index contributed by atoms with van der Waals surface area (Å²) < 4.78 is 5.56. The summed E-state index contributed by atoms with van der Waals surface area (Å²) in [6.45, 7) is 4.24. The molecule has 0 aliphatic carbocycles. The molecule has 1 aliphatic rings. The second-order valence-electron chi connectivity index (χ2n) is 3.25. The largest absolute Gasteiger partial charge is 0.376 e. The van der Waals surface area contributed by atoms with E-state index in [2.05, 4.69) is 13.8 Å². The first-order valence-corrected chi connectivity index (χ1v) is 4.47. The van der Waals surface area contributed by atoms with Gasteiger partial charge in [-0.1, -0.05) is 0 Å². The van der Waals surface area contributed by atoms with Gasteiger partial charge in [0.1, 0.15) is 0 Å². The molecule has 0 N–H and O–H groups in total. The van der Waals surface area contributed by atoms with E-state index < -0.39 is 0 Å². The summed E-state index contributed by atoms with van der Waals surface area (Å²) in [7, 11) is 0. The molecule has 10 heavy (non-hydrogen) atoms. The summed E-state index contributed by atoms with van der Waals surface area (Å²) in [6, 6.07) is 0. The van der Waals surface area contributed by atoms with Crippen LogP contribution in [-0.4, -0.2) is 18.1 Å². The van der Waals surface area contributed by atoms with Crippen LogP contribution in [0, 0.1) is 5.92 Å². The molecule has 1 heterocycles. The summed E-state index contributed by atoms with van der Waals surface area (Å²) in [4.78, 5) is 0. The van der Waals surface area contributed by atoms with E-state index in [1.165, 1.54) is 0 Å². The molecule has 60 valence electrons. The van der Waals surface area contributed by atoms with Gasteiger partial charge in [-0.05, 0) is 32.6 Å². The summed E-state index contributed by atoms with van der Waals surface area (Å²) >= 11 is 5.76. The zero-order chi connectivity index (χ0) is 7.56. The average molecular weight is 163 g/mol. The molecule has 0 amide bonds. The van der Waals surface area contributed by atoms with Crippen molar-refractivity contribution in [1.29, 1.82) is 0 Å². The maximum atomic E-state index is 5.76. The van der Waals surface area contributed by atoms with Gasteiger partial charge in [0.05, 0.1) is 12.2 Å². The molecule has 1 unspecified atom stereocenters. The van der Waals surface area contributed by atoms with Gasteiger partial charge in [-0.2, -0.15) is 0 Å². The first kappa shape index (κ1) is 8.35. The molecule has 0 radical (unpaired) electrons. The molecule has 3 atom stereocenters. The molecule has 0 aromatic carbocycles. The molecule has 2 heteroatoms. The number of hydrogen-bond donors (Lipinski definition) is 0. The van der Waals surface area contributed by atoms with Crippen LogP contribution >= 0.6 is 11.6 Å². The maximum Gasteiger partial charge on any atom is 0.0553 e. The Morgan fingerprint density at radius 3 is 2.20 bits per heavy atom. The Kier molecular flexibility index (Phi) is 2.99. The van der Waals surface area contributed by atoms with Gasteiger partial charge in [-0.15, -0.1) is 11.6 Å². The van der Waals surface area contributed by atoms with Gasteiger partial charge < -0.3 is 4.74 Å². The minimum atomic E-state index is 0.410. The van der Waals surface area contributed by atoms with Crippen LogP contribution in [0.5, 0.6) is 0 Å². The molecule has 1 fully saturated rings. The van der Waals surface area contributed by atoms with Crippen LogP contribution in [-0.2, 0) is 4.74 Å². The summed E-state index contributed by atoms with van der Waals surface area (Å²) in [5.41, 5.74) is 0. The van der Waals surface area contributed by atoms with Crippen molar-refractivity contribution < 1.29 is 4.74 Å². The minimum absolute atomic E-state index is 0.410. The van der Waals surface area contributed by atoms with E-state index in [9.17, 15) is 0 Å². The Hall–Kier alpha value is 0.250. The molecule has 0 spiro atoms. The number of hydrogen-bond acceptors (Lipinski definition) is 1. The molecule has 0 bridgehead atoms. The number of ether oxygens (including phenoxy) is 1. The second kappa shape index (κ2) is 3.59. The average Bonchev–Trinajstić information content (AvgIpc) is 1.85. The second-order valence-corrected chi connectivity index (χ2v) is 3.56. The van der Waals surface area contributed by atoms with E-state index in [-0.39, 0.29) is 0 Å². The Labute approximate surface area is 67.7 Å². The van der Waals surface area contributed by atoms with Crippen molar-refractivity contribution in [3.63, 3.8) is 0 Å². The molecule has 1 nitrogen and oxygen atoms in total. The van der Waals surface area contributed by atoms with Crippen molar-refractivity contribution in [1.82, 2.24) is 0 Å². The van der Waals surface area contributed by atoms with Crippen molar-refractivity contribution in [2.75, 3.05) is 5.88 Å². The number of alkyl halides is 1. The highest BCUT2D eigenvalue weighted by Gasteiger charge is 2.23. The van der Waals surface area contributed by atoms with Crippen LogP contribution < -0.4 is 0 Å². The van der Waals surface area contributed by atoms with Crippen LogP contribution in [0.1, 0.15) is 26.7 Å². The fraction of sp³-hybridized carbons (Fsp3) is 1.00. The van der Waals surface area contributed by atoms with E-state index >= 15 is 0 Å². The summed E-state index contributed by atoms with van der Waals surface area (Å²) in [6.07, 6.45) is 3.08. The van der Waals surface area contributed by atoms with Crippen molar-refractivity contribution in [3.05, 3.63) is 0 Å². The summed E-state index contributed by atoms with van der Waals surface area (Å²) in [5, 5.41) is 0. The van der Waals surface area contributed by atoms with E-state index in [1.807, 2.05) is 0 Å². The van der Waals surface area contributed by atoms with E-state index in [0.717, 1.165) is 18.7 Å². The normalized spacial score (nSPS) is 41.7. The number of halogens is 1. The van der Waals surface area contributed by atoms with Crippen LogP contribution in [0.25, 0.3) is 0 Å². The molecule has 0 aromatic rings. The highest BCUT2D eigenvalue weighted by molar-refractivity contribution is 6.18. The first-order chi connectivity index (χ1) is 4.72. The SMILES string of the molecule is C[C@@H]1CC(CCl)C[C@H](C)O1. The van der Waals surface area contributed by atoms with Crippen molar-refractivity contribution >= 4 is 11.6 Å². The molecule has 0 aromatic heterocycles. The third-order valence-electron chi connectivity index (χ3n) is 2.01. The molecule has 1 aliphatic heterocycles. The fourth-order valence-electron chi connectivity index (χ4n) is 1.67. The Balaban J connectivity index is 2.35. The van der Waals surface area contributed by atoms with Crippen LogP contribution in [0.15, 0.2) is 0 Å². The van der Waals surface area contributed by atoms with Crippen LogP contribution in [0.3, 0.4) is 0 Å². The Morgan fingerprint density at radius 1 is 1.30 bits per heavy atom. The predicted molar refractivity (Wildman–Crippen MR) is 43.5 cm³/mol. The molecular formula is C8H15ClO. The fourth-order valence-corrected chi connectivity index (χ4v) is 1.92. The number of rotatable bonds is 1. The highest BCUT2D eigenvalue weighted by Crippen LogP contribution is 2.25. The van der Waals surface area contributed by atoms with Gasteiger partial charge >= 0.3 is 0 Å². The lowest BCUT2D eigenvalue weighted by molar-refractivity contribution is -0.0478. The first-order valence-electron chi connectivity index (χ1n) is 3.93. The maximum absolute atomic E-state index is 5.76. The zero-order valence-corrected chi connectivity index (χ0v) is 7.40. The monoisotopic (exact) mass is 162 g/mol. The van der Waals surface area contributed by atoms with E-state index in [0.29, 0.717) is 18.1 Å². The van der Waals surface area contributed by atoms with Gasteiger partial charge in [0.15, 0.2) is 0 Å². The minimum Gasteiger partial charge on any atom is -0.376 e. The zero-order valence-electron chi connectivity index (χ0n) is 6.64. The standard InChI is InChI=1S/C8H15ClO/c1-6-3-8(5-9)4-7(2)10-6/h6-8H,3-5H2,1-2H3/t6-,7+,8?. The smallest absolute Gasteiger partial charge is 0.0553 e. The Morgan fingerprint density at radius 2 is 1.80 bits per heavy atom. The van der Waals surface area contributed by atoms with Crippen LogP contribution in [0.4, 0.5) is 0 Å². The highest BCUT2D eigenvalue weighted by atomic mass is 35.5. The topological polar surface area (TPSA) is 9.23 Å². The van der Waals surface area contributed by atoms with Crippen molar-refractivity contribution in [3.8, 4) is 0 Å². The lowest BCUT2D eigenvalue weighted by atomic mass is 9.94. The van der Waals surface area contributed by atoms with E-state index in [1.54, 1.807) is 0 Å².